The molecule has 0 saturated heterocycles. The quantitative estimate of drug-likeness (QED) is 0.738. The van der Waals surface area contributed by atoms with Gasteiger partial charge in [0, 0.05) is 9.86 Å². The minimum Gasteiger partial charge on any atom is -0.455 e. The molecule has 0 saturated carbocycles. The molecule has 0 bridgehead atoms. The molecule has 68 valence electrons. The first-order chi connectivity index (χ1) is 6.18. The smallest absolute Gasteiger partial charge is 0.295 e. The Hall–Kier alpha value is -0.900. The fourth-order valence-corrected chi connectivity index (χ4v) is 1.62. The van der Waals surface area contributed by atoms with Gasteiger partial charge in [0.15, 0.2) is 5.76 Å². The van der Waals surface area contributed by atoms with Crippen LogP contribution < -0.4 is 0 Å². The van der Waals surface area contributed by atoms with Crippen LogP contribution in [0.4, 0.5) is 8.78 Å². The molecule has 13 heavy (non-hydrogen) atoms. The monoisotopic (exact) mass is 246 g/mol. The van der Waals surface area contributed by atoms with Gasteiger partial charge in [-0.2, -0.15) is 0 Å². The van der Waals surface area contributed by atoms with E-state index >= 15 is 0 Å². The molecule has 1 aromatic heterocycles. The largest absolute Gasteiger partial charge is 0.455 e. The van der Waals surface area contributed by atoms with Gasteiger partial charge >= 0.3 is 0 Å². The molecule has 0 aliphatic heterocycles. The summed E-state index contributed by atoms with van der Waals surface area (Å²) in [4.78, 5) is 0. The highest BCUT2D eigenvalue weighted by molar-refractivity contribution is 9.10. The van der Waals surface area contributed by atoms with Crippen LogP contribution in [0.1, 0.15) is 12.2 Å². The topological polar surface area (TPSA) is 13.1 Å². The van der Waals surface area contributed by atoms with Crippen molar-refractivity contribution in [3.63, 3.8) is 0 Å². The number of rotatable bonds is 1. The molecule has 4 heteroatoms. The Bertz CT molecular complexity index is 436. The van der Waals surface area contributed by atoms with Gasteiger partial charge in [-0.1, -0.05) is 22.0 Å². The summed E-state index contributed by atoms with van der Waals surface area (Å²) in [6.45, 7) is 0. The van der Waals surface area contributed by atoms with Crippen LogP contribution in [0.3, 0.4) is 0 Å². The van der Waals surface area contributed by atoms with Gasteiger partial charge in [-0.25, -0.2) is 8.78 Å². The first kappa shape index (κ1) is 8.69. The fraction of sp³-hybridized carbons (Fsp3) is 0.111. The van der Waals surface area contributed by atoms with Crippen molar-refractivity contribution in [3.05, 3.63) is 34.5 Å². The first-order valence-corrected chi connectivity index (χ1v) is 4.44. The second kappa shape index (κ2) is 3.10. The maximum Gasteiger partial charge on any atom is 0.295 e. The second-order valence-corrected chi connectivity index (χ2v) is 3.46. The lowest BCUT2D eigenvalue weighted by Gasteiger charge is -1.89. The van der Waals surface area contributed by atoms with Gasteiger partial charge in [-0.05, 0) is 18.2 Å². The highest BCUT2D eigenvalue weighted by Gasteiger charge is 2.14. The summed E-state index contributed by atoms with van der Waals surface area (Å²) >= 11 is 3.25. The van der Waals surface area contributed by atoms with E-state index in [0.29, 0.717) is 11.0 Å². The number of benzene rings is 1. The zero-order valence-electron chi connectivity index (χ0n) is 6.43. The molecule has 2 rings (SSSR count). The van der Waals surface area contributed by atoms with Gasteiger partial charge in [-0.15, -0.1) is 0 Å². The van der Waals surface area contributed by atoms with Crippen molar-refractivity contribution in [2.75, 3.05) is 0 Å². The van der Waals surface area contributed by atoms with Crippen LogP contribution in [0.25, 0.3) is 11.0 Å². The average molecular weight is 247 g/mol. The third-order valence-electron chi connectivity index (χ3n) is 1.74. The molecule has 0 unspecified atom stereocenters. The van der Waals surface area contributed by atoms with Gasteiger partial charge < -0.3 is 4.42 Å². The van der Waals surface area contributed by atoms with Crippen LogP contribution in [0.5, 0.6) is 0 Å². The van der Waals surface area contributed by atoms with Gasteiger partial charge in [0.05, 0.1) is 0 Å². The van der Waals surface area contributed by atoms with Crippen molar-refractivity contribution in [3.8, 4) is 0 Å². The van der Waals surface area contributed by atoms with Crippen LogP contribution in [0.15, 0.2) is 33.2 Å². The molecule has 0 amide bonds. The molecule has 0 fully saturated rings. The molecular weight excluding hydrogens is 242 g/mol. The predicted octanol–water partition coefficient (Wildman–Crippen LogP) is 4.13. The second-order valence-electron chi connectivity index (χ2n) is 2.60. The Morgan fingerprint density at radius 1 is 1.31 bits per heavy atom. The zero-order valence-corrected chi connectivity index (χ0v) is 8.01. The van der Waals surface area contributed by atoms with Crippen LogP contribution in [-0.4, -0.2) is 0 Å². The number of furan rings is 1. The van der Waals surface area contributed by atoms with E-state index in [1.54, 1.807) is 18.2 Å². The first-order valence-electron chi connectivity index (χ1n) is 3.64. The van der Waals surface area contributed by atoms with E-state index in [-0.39, 0.29) is 5.76 Å². The normalized spacial score (nSPS) is 11.4. The molecule has 0 aliphatic carbocycles. The SMILES string of the molecule is FC(F)c1cc2c(Br)cccc2o1. The van der Waals surface area contributed by atoms with Crippen molar-refractivity contribution >= 4 is 26.9 Å². The number of hydrogen-bond donors (Lipinski definition) is 0. The molecule has 0 atom stereocenters. The summed E-state index contributed by atoms with van der Waals surface area (Å²) in [7, 11) is 0. The summed E-state index contributed by atoms with van der Waals surface area (Å²) in [6.07, 6.45) is -2.56. The minimum atomic E-state index is -2.56. The molecule has 1 heterocycles. The highest BCUT2D eigenvalue weighted by atomic mass is 79.9. The van der Waals surface area contributed by atoms with Crippen molar-refractivity contribution < 1.29 is 13.2 Å². The van der Waals surface area contributed by atoms with Crippen molar-refractivity contribution in [1.29, 1.82) is 0 Å². The lowest BCUT2D eigenvalue weighted by Crippen LogP contribution is -1.75. The van der Waals surface area contributed by atoms with Crippen LogP contribution >= 0.6 is 15.9 Å². The Kier molecular flexibility index (Phi) is 2.07. The maximum absolute atomic E-state index is 12.2. The van der Waals surface area contributed by atoms with E-state index in [4.69, 9.17) is 4.42 Å². The summed E-state index contributed by atoms with van der Waals surface area (Å²) in [5.74, 6) is -0.290. The Morgan fingerprint density at radius 2 is 2.08 bits per heavy atom. The molecule has 2 aromatic rings. The third-order valence-corrected chi connectivity index (χ3v) is 2.43. The zero-order chi connectivity index (χ0) is 9.42. The summed E-state index contributed by atoms with van der Waals surface area (Å²) in [5, 5.41) is 0.679. The van der Waals surface area contributed by atoms with E-state index < -0.39 is 6.43 Å². The van der Waals surface area contributed by atoms with E-state index in [1.807, 2.05) is 0 Å². The Balaban J connectivity index is 2.68. The minimum absolute atomic E-state index is 0.290. The van der Waals surface area contributed by atoms with Gasteiger partial charge in [0.2, 0.25) is 0 Å². The summed E-state index contributed by atoms with van der Waals surface area (Å²) in [5.41, 5.74) is 0.477. The molecule has 0 aliphatic rings. The van der Waals surface area contributed by atoms with E-state index in [2.05, 4.69) is 15.9 Å². The lowest BCUT2D eigenvalue weighted by molar-refractivity contribution is 0.124. The number of alkyl halides is 2. The van der Waals surface area contributed by atoms with Gasteiger partial charge in [0.1, 0.15) is 5.58 Å². The van der Waals surface area contributed by atoms with Crippen LogP contribution in [-0.2, 0) is 0 Å². The van der Waals surface area contributed by atoms with E-state index in [1.165, 1.54) is 6.07 Å². The molecule has 0 radical (unpaired) electrons. The number of hydrogen-bond acceptors (Lipinski definition) is 1. The van der Waals surface area contributed by atoms with Crippen molar-refractivity contribution in [2.24, 2.45) is 0 Å². The summed E-state index contributed by atoms with van der Waals surface area (Å²) in [6, 6.07) is 6.54. The average Bonchev–Trinajstić information content (AvgIpc) is 2.49. The molecule has 0 spiro atoms. The molecule has 1 nitrogen and oxygen atoms in total. The fourth-order valence-electron chi connectivity index (χ4n) is 1.15. The van der Waals surface area contributed by atoms with Crippen LogP contribution in [0.2, 0.25) is 0 Å². The van der Waals surface area contributed by atoms with Gasteiger partial charge in [0.25, 0.3) is 6.43 Å². The number of halogens is 3. The lowest BCUT2D eigenvalue weighted by atomic mass is 10.2. The molecule has 0 N–H and O–H groups in total. The standard InChI is InChI=1S/C9H5BrF2O/c10-6-2-1-3-7-5(6)4-8(13-7)9(11)12/h1-4,9H. The Morgan fingerprint density at radius 3 is 2.69 bits per heavy atom. The number of fused-ring (bicyclic) bond motifs is 1. The molecule has 1 aromatic carbocycles. The summed E-state index contributed by atoms with van der Waals surface area (Å²) < 4.78 is 30.2. The third kappa shape index (κ3) is 1.46. The van der Waals surface area contributed by atoms with Crippen LogP contribution in [0, 0.1) is 0 Å². The Labute approximate surface area is 81.5 Å². The maximum atomic E-state index is 12.2. The van der Waals surface area contributed by atoms with E-state index in [9.17, 15) is 8.78 Å². The molecular formula is C9H5BrF2O. The van der Waals surface area contributed by atoms with Gasteiger partial charge in [-0.3, -0.25) is 0 Å². The van der Waals surface area contributed by atoms with E-state index in [0.717, 1.165) is 4.47 Å². The highest BCUT2D eigenvalue weighted by Crippen LogP contribution is 2.31. The van der Waals surface area contributed by atoms with Crippen molar-refractivity contribution in [1.82, 2.24) is 0 Å². The van der Waals surface area contributed by atoms with Crippen molar-refractivity contribution in [2.45, 2.75) is 6.43 Å². The predicted molar refractivity (Wildman–Crippen MR) is 48.9 cm³/mol.